The van der Waals surface area contributed by atoms with Crippen LogP contribution < -0.4 is 5.73 Å². The molecule has 1 aliphatic rings. The molecule has 6 heteroatoms. The number of hydrogen-bond donors (Lipinski definition) is 1. The molecule has 4 rings (SSSR count). The number of carbonyl (C=O) groups excluding carboxylic acids is 2. The minimum absolute atomic E-state index is 0.0640. The van der Waals surface area contributed by atoms with Crippen molar-refractivity contribution in [3.63, 3.8) is 0 Å². The van der Waals surface area contributed by atoms with E-state index in [9.17, 15) is 9.59 Å². The fraction of sp³-hybridized carbons (Fsp3) is 0.308. The maximum atomic E-state index is 13.2. The molecule has 0 radical (unpaired) electrons. The third kappa shape index (κ3) is 4.61. The molecule has 0 bridgehead atoms. The maximum Gasteiger partial charge on any atom is 0.253 e. The van der Waals surface area contributed by atoms with Gasteiger partial charge in [0.1, 0.15) is 0 Å². The van der Waals surface area contributed by atoms with E-state index in [2.05, 4.69) is 23.6 Å². The normalized spacial score (nSPS) is 18.5. The van der Waals surface area contributed by atoms with Gasteiger partial charge >= 0.3 is 0 Å². The summed E-state index contributed by atoms with van der Waals surface area (Å²) in [4.78, 5) is 29.0. The van der Waals surface area contributed by atoms with Crippen molar-refractivity contribution in [1.29, 1.82) is 0 Å². The van der Waals surface area contributed by atoms with Crippen LogP contribution in [0.5, 0.6) is 0 Å². The summed E-state index contributed by atoms with van der Waals surface area (Å²) in [5, 5.41) is 2.05. The van der Waals surface area contributed by atoms with Gasteiger partial charge in [0, 0.05) is 30.6 Å². The van der Waals surface area contributed by atoms with Crippen LogP contribution >= 0.6 is 11.3 Å². The number of ether oxygens (including phenoxy) is 1. The predicted octanol–water partition coefficient (Wildman–Crippen LogP) is 4.51. The molecule has 1 unspecified atom stereocenters. The van der Waals surface area contributed by atoms with E-state index >= 15 is 0 Å². The molecule has 2 aromatic carbocycles. The fourth-order valence-electron chi connectivity index (χ4n) is 4.54. The maximum absolute atomic E-state index is 13.2. The standard InChI is InChI=1S/C26H28N2O3S/c1-31-17-19-9-11-20(12-10-19)24(29)28-14-5-13-26(18-28,25(27)30)16-21-6-2-3-7-22(21)23-8-4-15-32-23/h2-4,6-12,15H,5,13-14,16-18H2,1H3,(H2,27,30). The van der Waals surface area contributed by atoms with Gasteiger partial charge in [0.2, 0.25) is 5.91 Å². The van der Waals surface area contributed by atoms with Gasteiger partial charge in [0.25, 0.3) is 5.91 Å². The lowest BCUT2D eigenvalue weighted by Crippen LogP contribution is -2.53. The van der Waals surface area contributed by atoms with Crippen molar-refractivity contribution in [2.24, 2.45) is 11.1 Å². The van der Waals surface area contributed by atoms with Crippen molar-refractivity contribution >= 4 is 23.2 Å². The molecule has 5 nitrogen and oxygen atoms in total. The number of thiophene rings is 1. The highest BCUT2D eigenvalue weighted by Crippen LogP contribution is 2.38. The average Bonchev–Trinajstić information content (AvgIpc) is 3.34. The van der Waals surface area contributed by atoms with Gasteiger partial charge in [-0.25, -0.2) is 0 Å². The smallest absolute Gasteiger partial charge is 0.253 e. The molecule has 1 atom stereocenters. The molecule has 0 aliphatic carbocycles. The number of carbonyl (C=O) groups is 2. The van der Waals surface area contributed by atoms with Gasteiger partial charge in [0.05, 0.1) is 12.0 Å². The second kappa shape index (κ2) is 9.67. The lowest BCUT2D eigenvalue weighted by atomic mass is 9.73. The number of nitrogens with zero attached hydrogens (tertiary/aromatic N) is 1. The van der Waals surface area contributed by atoms with Crippen molar-refractivity contribution in [3.8, 4) is 10.4 Å². The molecular weight excluding hydrogens is 420 g/mol. The Morgan fingerprint density at radius 3 is 2.56 bits per heavy atom. The monoisotopic (exact) mass is 448 g/mol. The SMILES string of the molecule is COCc1ccc(C(=O)N2CCCC(Cc3ccccc3-c3cccs3)(C(N)=O)C2)cc1. The van der Waals surface area contributed by atoms with Gasteiger partial charge in [-0.15, -0.1) is 11.3 Å². The number of rotatable bonds is 7. The highest BCUT2D eigenvalue weighted by atomic mass is 32.1. The van der Waals surface area contributed by atoms with Crippen molar-refractivity contribution in [1.82, 2.24) is 4.90 Å². The van der Waals surface area contributed by atoms with Gasteiger partial charge in [0.15, 0.2) is 0 Å². The van der Waals surface area contributed by atoms with E-state index in [1.54, 1.807) is 23.3 Å². The van der Waals surface area contributed by atoms with Crippen molar-refractivity contribution in [2.45, 2.75) is 25.9 Å². The number of primary amides is 1. The molecular formula is C26H28N2O3S. The van der Waals surface area contributed by atoms with Gasteiger partial charge < -0.3 is 15.4 Å². The van der Waals surface area contributed by atoms with E-state index in [4.69, 9.17) is 10.5 Å². The van der Waals surface area contributed by atoms with Crippen LogP contribution in [0.2, 0.25) is 0 Å². The predicted molar refractivity (Wildman–Crippen MR) is 127 cm³/mol. The minimum Gasteiger partial charge on any atom is -0.380 e. The zero-order chi connectivity index (χ0) is 22.6. The van der Waals surface area contributed by atoms with E-state index in [1.165, 1.54) is 4.88 Å². The third-order valence-electron chi connectivity index (χ3n) is 6.23. The topological polar surface area (TPSA) is 72.6 Å². The molecule has 32 heavy (non-hydrogen) atoms. The highest BCUT2D eigenvalue weighted by molar-refractivity contribution is 7.13. The average molecular weight is 449 g/mol. The summed E-state index contributed by atoms with van der Waals surface area (Å²) in [6.07, 6.45) is 1.95. The van der Waals surface area contributed by atoms with E-state index < -0.39 is 5.41 Å². The Kier molecular flexibility index (Phi) is 6.72. The molecule has 1 aromatic heterocycles. The van der Waals surface area contributed by atoms with Gasteiger partial charge in [-0.2, -0.15) is 0 Å². The zero-order valence-corrected chi connectivity index (χ0v) is 19.1. The summed E-state index contributed by atoms with van der Waals surface area (Å²) in [5.74, 6) is -0.405. The van der Waals surface area contributed by atoms with Gasteiger partial charge in [-0.05, 0) is 59.5 Å². The summed E-state index contributed by atoms with van der Waals surface area (Å²) in [6.45, 7) is 1.46. The van der Waals surface area contributed by atoms with Crippen LogP contribution in [0.3, 0.4) is 0 Å². The summed E-state index contributed by atoms with van der Waals surface area (Å²) in [5.41, 5.74) is 9.05. The first-order valence-corrected chi connectivity index (χ1v) is 11.7. The van der Waals surface area contributed by atoms with Crippen LogP contribution in [0.15, 0.2) is 66.0 Å². The Labute approximate surface area is 192 Å². The van der Waals surface area contributed by atoms with Gasteiger partial charge in [-0.1, -0.05) is 42.5 Å². The molecule has 1 aliphatic heterocycles. The summed E-state index contributed by atoms with van der Waals surface area (Å²) >= 11 is 1.68. The molecule has 0 spiro atoms. The highest BCUT2D eigenvalue weighted by Gasteiger charge is 2.42. The number of methoxy groups -OCH3 is 1. The summed E-state index contributed by atoms with van der Waals surface area (Å²) in [7, 11) is 1.65. The quantitative estimate of drug-likeness (QED) is 0.578. The molecule has 0 saturated carbocycles. The third-order valence-corrected chi connectivity index (χ3v) is 7.13. The first kappa shape index (κ1) is 22.2. The molecule has 2 heterocycles. The first-order valence-electron chi connectivity index (χ1n) is 10.8. The summed E-state index contributed by atoms with van der Waals surface area (Å²) < 4.78 is 5.15. The minimum atomic E-state index is -0.780. The number of benzene rings is 2. The Morgan fingerprint density at radius 1 is 1.09 bits per heavy atom. The number of nitrogens with two attached hydrogens (primary N) is 1. The first-order chi connectivity index (χ1) is 15.5. The van der Waals surface area contributed by atoms with Crippen molar-refractivity contribution in [2.75, 3.05) is 20.2 Å². The molecule has 1 fully saturated rings. The Morgan fingerprint density at radius 2 is 1.88 bits per heavy atom. The molecule has 166 valence electrons. The second-order valence-electron chi connectivity index (χ2n) is 8.42. The van der Waals surface area contributed by atoms with Crippen LogP contribution in [0.25, 0.3) is 10.4 Å². The number of hydrogen-bond acceptors (Lipinski definition) is 4. The van der Waals surface area contributed by atoms with Crippen LogP contribution in [-0.2, 0) is 22.6 Å². The molecule has 2 N–H and O–H groups in total. The van der Waals surface area contributed by atoms with Gasteiger partial charge in [-0.3, -0.25) is 9.59 Å². The van der Waals surface area contributed by atoms with Crippen LogP contribution in [0.4, 0.5) is 0 Å². The van der Waals surface area contributed by atoms with E-state index in [0.717, 1.165) is 23.1 Å². The number of amides is 2. The van der Waals surface area contributed by atoms with Crippen molar-refractivity contribution < 1.29 is 14.3 Å². The Bertz CT molecular complexity index is 1080. The number of piperidine rings is 1. The Hall–Kier alpha value is -2.96. The van der Waals surface area contributed by atoms with Crippen LogP contribution in [0, 0.1) is 5.41 Å². The second-order valence-corrected chi connectivity index (χ2v) is 9.36. The fourth-order valence-corrected chi connectivity index (χ4v) is 5.33. The van der Waals surface area contributed by atoms with Crippen molar-refractivity contribution in [3.05, 3.63) is 82.7 Å². The van der Waals surface area contributed by atoms with E-state index in [-0.39, 0.29) is 11.8 Å². The molecule has 1 saturated heterocycles. The lowest BCUT2D eigenvalue weighted by molar-refractivity contribution is -0.130. The van der Waals surface area contributed by atoms with Crippen LogP contribution in [-0.4, -0.2) is 36.9 Å². The van der Waals surface area contributed by atoms with E-state index in [0.29, 0.717) is 38.1 Å². The lowest BCUT2D eigenvalue weighted by Gasteiger charge is -2.41. The summed E-state index contributed by atoms with van der Waals surface area (Å²) in [6, 6.07) is 19.7. The van der Waals surface area contributed by atoms with E-state index in [1.807, 2.05) is 42.5 Å². The van der Waals surface area contributed by atoms with Crippen LogP contribution in [0.1, 0.15) is 34.3 Å². The Balaban J connectivity index is 1.58. The molecule has 2 amide bonds. The largest absolute Gasteiger partial charge is 0.380 e. The zero-order valence-electron chi connectivity index (χ0n) is 18.3. The number of likely N-dealkylation sites (tertiary alicyclic amines) is 1. The molecule has 3 aromatic rings.